The molecule has 0 aromatic carbocycles. The molecule has 3 aliphatic rings. The Bertz CT molecular complexity index is 268. The predicted octanol–water partition coefficient (Wildman–Crippen LogP) is 0.718. The Morgan fingerprint density at radius 3 is 2.38 bits per heavy atom. The van der Waals surface area contributed by atoms with Crippen LogP contribution in [0.3, 0.4) is 0 Å². The Kier molecular flexibility index (Phi) is 2.73. The Hall–Kier alpha value is -0.120. The van der Waals surface area contributed by atoms with Crippen LogP contribution in [0.15, 0.2) is 0 Å². The van der Waals surface area contributed by atoms with Crippen LogP contribution in [0, 0.1) is 5.41 Å². The minimum atomic E-state index is 0.663. The maximum atomic E-state index is 2.78. The molecule has 0 bridgehead atoms. The van der Waals surface area contributed by atoms with Crippen molar-refractivity contribution in [3.05, 3.63) is 0 Å². The molecule has 0 saturated carbocycles. The third-order valence-corrected chi connectivity index (χ3v) is 4.98. The third kappa shape index (κ3) is 1.89. The summed E-state index contributed by atoms with van der Waals surface area (Å²) in [6, 6.07) is 0.857. The van der Waals surface area contributed by atoms with E-state index in [-0.39, 0.29) is 0 Å². The van der Waals surface area contributed by atoms with E-state index in [1.165, 1.54) is 58.5 Å². The van der Waals surface area contributed by atoms with Crippen molar-refractivity contribution in [3.8, 4) is 0 Å². The number of nitrogens with zero attached hydrogens (tertiary/aromatic N) is 3. The largest absolute Gasteiger partial charge is 0.306 e. The number of likely N-dealkylation sites (N-methyl/N-ethyl adjacent to an activating group) is 1. The zero-order chi connectivity index (χ0) is 11.2. The minimum Gasteiger partial charge on any atom is -0.306 e. The lowest BCUT2D eigenvalue weighted by Gasteiger charge is -2.27. The maximum absolute atomic E-state index is 2.78. The molecule has 3 aliphatic heterocycles. The molecule has 0 N–H and O–H groups in total. The standard InChI is InChI=1S/C13H25N3/c1-14-6-3-12(9-14)16-8-5-13(11-16)4-7-15(2)10-13/h12H,3-11H2,1-2H3. The fourth-order valence-electron chi connectivity index (χ4n) is 3.98. The molecule has 0 amide bonds. The molecule has 3 rings (SSSR count). The Morgan fingerprint density at radius 2 is 1.75 bits per heavy atom. The number of rotatable bonds is 1. The third-order valence-electron chi connectivity index (χ3n) is 4.98. The normalized spacial score (nSPS) is 42.8. The molecule has 1 spiro atoms. The van der Waals surface area contributed by atoms with E-state index < -0.39 is 0 Å². The highest BCUT2D eigenvalue weighted by Gasteiger charge is 2.44. The lowest BCUT2D eigenvalue weighted by Crippen LogP contribution is -2.37. The average Bonchev–Trinajstić information content (AvgIpc) is 2.90. The number of hydrogen-bond donors (Lipinski definition) is 0. The molecule has 3 heteroatoms. The van der Waals surface area contributed by atoms with E-state index in [0.717, 1.165) is 6.04 Å². The van der Waals surface area contributed by atoms with Gasteiger partial charge in [0.1, 0.15) is 0 Å². The second-order valence-electron chi connectivity index (χ2n) is 6.41. The van der Waals surface area contributed by atoms with Crippen LogP contribution in [0.25, 0.3) is 0 Å². The molecule has 2 atom stereocenters. The van der Waals surface area contributed by atoms with Gasteiger partial charge < -0.3 is 9.80 Å². The van der Waals surface area contributed by atoms with Crippen LogP contribution in [-0.2, 0) is 0 Å². The van der Waals surface area contributed by atoms with E-state index in [1.54, 1.807) is 0 Å². The first-order chi connectivity index (χ1) is 7.67. The molecule has 3 nitrogen and oxygen atoms in total. The van der Waals surface area contributed by atoms with Crippen molar-refractivity contribution in [2.75, 3.05) is 53.4 Å². The van der Waals surface area contributed by atoms with Crippen LogP contribution >= 0.6 is 0 Å². The summed E-state index contributed by atoms with van der Waals surface area (Å²) in [6.45, 7) is 7.98. The van der Waals surface area contributed by atoms with Gasteiger partial charge in [-0.1, -0.05) is 0 Å². The summed E-state index contributed by atoms with van der Waals surface area (Å²) in [5.74, 6) is 0. The maximum Gasteiger partial charge on any atom is 0.0235 e. The summed E-state index contributed by atoms with van der Waals surface area (Å²) >= 11 is 0. The first kappa shape index (κ1) is 11.0. The fourth-order valence-corrected chi connectivity index (χ4v) is 3.98. The summed E-state index contributed by atoms with van der Waals surface area (Å²) in [6.07, 6.45) is 4.27. The van der Waals surface area contributed by atoms with E-state index >= 15 is 0 Å². The lowest BCUT2D eigenvalue weighted by atomic mass is 9.86. The van der Waals surface area contributed by atoms with Crippen LogP contribution in [0.4, 0.5) is 0 Å². The van der Waals surface area contributed by atoms with Gasteiger partial charge in [-0.25, -0.2) is 0 Å². The van der Waals surface area contributed by atoms with Crippen LogP contribution in [0.1, 0.15) is 19.3 Å². The second kappa shape index (κ2) is 3.97. The fraction of sp³-hybridized carbons (Fsp3) is 1.00. The van der Waals surface area contributed by atoms with Gasteiger partial charge in [0, 0.05) is 25.7 Å². The van der Waals surface area contributed by atoms with Crippen molar-refractivity contribution in [2.24, 2.45) is 5.41 Å². The number of likely N-dealkylation sites (tertiary alicyclic amines) is 3. The first-order valence-corrected chi connectivity index (χ1v) is 6.78. The zero-order valence-electron chi connectivity index (χ0n) is 10.8. The van der Waals surface area contributed by atoms with Gasteiger partial charge in [-0.15, -0.1) is 0 Å². The Balaban J connectivity index is 1.61. The molecule has 92 valence electrons. The van der Waals surface area contributed by atoms with Crippen molar-refractivity contribution in [1.82, 2.24) is 14.7 Å². The quantitative estimate of drug-likeness (QED) is 0.648. The molecular formula is C13H25N3. The van der Waals surface area contributed by atoms with Gasteiger partial charge in [0.25, 0.3) is 0 Å². The highest BCUT2D eigenvalue weighted by Crippen LogP contribution is 2.40. The number of hydrogen-bond acceptors (Lipinski definition) is 3. The van der Waals surface area contributed by atoms with Gasteiger partial charge in [0.15, 0.2) is 0 Å². The highest BCUT2D eigenvalue weighted by molar-refractivity contribution is 4.99. The smallest absolute Gasteiger partial charge is 0.0235 e. The van der Waals surface area contributed by atoms with Crippen LogP contribution in [0.5, 0.6) is 0 Å². The summed E-state index contributed by atoms with van der Waals surface area (Å²) in [7, 11) is 4.54. The first-order valence-electron chi connectivity index (χ1n) is 6.78. The van der Waals surface area contributed by atoms with Crippen LogP contribution in [0.2, 0.25) is 0 Å². The van der Waals surface area contributed by atoms with E-state index in [4.69, 9.17) is 0 Å². The lowest BCUT2D eigenvalue weighted by molar-refractivity contribution is 0.204. The van der Waals surface area contributed by atoms with Crippen LogP contribution in [-0.4, -0.2) is 74.1 Å². The van der Waals surface area contributed by atoms with Crippen molar-refractivity contribution < 1.29 is 0 Å². The van der Waals surface area contributed by atoms with Crippen molar-refractivity contribution in [2.45, 2.75) is 25.3 Å². The van der Waals surface area contributed by atoms with E-state index in [0.29, 0.717) is 5.41 Å². The van der Waals surface area contributed by atoms with E-state index in [2.05, 4.69) is 28.8 Å². The molecule has 16 heavy (non-hydrogen) atoms. The van der Waals surface area contributed by atoms with Gasteiger partial charge in [-0.3, -0.25) is 4.90 Å². The molecular weight excluding hydrogens is 198 g/mol. The zero-order valence-corrected chi connectivity index (χ0v) is 10.8. The van der Waals surface area contributed by atoms with Crippen LogP contribution < -0.4 is 0 Å². The summed E-state index contributed by atoms with van der Waals surface area (Å²) in [5.41, 5.74) is 0.663. The van der Waals surface area contributed by atoms with Gasteiger partial charge >= 0.3 is 0 Å². The summed E-state index contributed by atoms with van der Waals surface area (Å²) in [4.78, 5) is 7.78. The van der Waals surface area contributed by atoms with E-state index in [9.17, 15) is 0 Å². The topological polar surface area (TPSA) is 9.72 Å². The van der Waals surface area contributed by atoms with Gasteiger partial charge in [0.2, 0.25) is 0 Å². The van der Waals surface area contributed by atoms with E-state index in [1.807, 2.05) is 0 Å². The monoisotopic (exact) mass is 223 g/mol. The summed E-state index contributed by atoms with van der Waals surface area (Å²) < 4.78 is 0. The molecule has 0 aromatic heterocycles. The van der Waals surface area contributed by atoms with Crippen molar-refractivity contribution in [3.63, 3.8) is 0 Å². The van der Waals surface area contributed by atoms with Crippen molar-refractivity contribution in [1.29, 1.82) is 0 Å². The highest BCUT2D eigenvalue weighted by atomic mass is 15.3. The van der Waals surface area contributed by atoms with Gasteiger partial charge in [-0.2, -0.15) is 0 Å². The SMILES string of the molecule is CN1CCC(N2CCC3(CCN(C)C3)C2)C1. The molecule has 0 aromatic rings. The molecule has 2 unspecified atom stereocenters. The Morgan fingerprint density at radius 1 is 0.938 bits per heavy atom. The second-order valence-corrected chi connectivity index (χ2v) is 6.41. The molecule has 3 saturated heterocycles. The Labute approximate surface area is 99.4 Å². The van der Waals surface area contributed by atoms with Crippen molar-refractivity contribution >= 4 is 0 Å². The summed E-state index contributed by atoms with van der Waals surface area (Å²) in [5, 5.41) is 0. The molecule has 0 aliphatic carbocycles. The molecule has 3 heterocycles. The molecule has 3 fully saturated rings. The molecule has 0 radical (unpaired) electrons. The minimum absolute atomic E-state index is 0.663. The predicted molar refractivity (Wildman–Crippen MR) is 66.6 cm³/mol. The van der Waals surface area contributed by atoms with Gasteiger partial charge in [-0.05, 0) is 58.4 Å². The average molecular weight is 223 g/mol. The van der Waals surface area contributed by atoms with Gasteiger partial charge in [0.05, 0.1) is 0 Å².